The molecule has 0 aromatic carbocycles. The first-order chi connectivity index (χ1) is 8.91. The van der Waals surface area contributed by atoms with Gasteiger partial charge in [-0.25, -0.2) is 13.1 Å². The van der Waals surface area contributed by atoms with Crippen LogP contribution in [0.1, 0.15) is 32.4 Å². The Balaban J connectivity index is 2.23. The second-order valence-electron chi connectivity index (χ2n) is 4.90. The highest BCUT2D eigenvalue weighted by Crippen LogP contribution is 1.99. The van der Waals surface area contributed by atoms with E-state index in [4.69, 9.17) is 0 Å². The summed E-state index contributed by atoms with van der Waals surface area (Å²) in [5.41, 5.74) is 0.852. The lowest BCUT2D eigenvalue weighted by Crippen LogP contribution is -2.28. The minimum Gasteiger partial charge on any atom is -0.315 e. The molecule has 0 unspecified atom stereocenters. The predicted molar refractivity (Wildman–Crippen MR) is 76.2 cm³/mol. The molecule has 1 heterocycles. The largest absolute Gasteiger partial charge is 0.315 e. The molecule has 0 saturated heterocycles. The van der Waals surface area contributed by atoms with Gasteiger partial charge in [-0.2, -0.15) is 5.10 Å². The topological polar surface area (TPSA) is 76.0 Å². The maximum Gasteiger partial charge on any atom is 0.211 e. The van der Waals surface area contributed by atoms with Gasteiger partial charge in [0.25, 0.3) is 0 Å². The molecule has 110 valence electrons. The number of hydrogen-bond donors (Lipinski definition) is 2. The molecule has 0 atom stereocenters. The second kappa shape index (κ2) is 7.62. The van der Waals surface area contributed by atoms with E-state index < -0.39 is 10.0 Å². The van der Waals surface area contributed by atoms with E-state index in [2.05, 4.69) is 29.0 Å². The van der Waals surface area contributed by atoms with Crippen LogP contribution >= 0.6 is 0 Å². The van der Waals surface area contributed by atoms with E-state index in [0.717, 1.165) is 18.7 Å². The molecule has 1 aromatic heterocycles. The zero-order valence-electron chi connectivity index (χ0n) is 11.9. The van der Waals surface area contributed by atoms with E-state index >= 15 is 0 Å². The van der Waals surface area contributed by atoms with Gasteiger partial charge in [0.05, 0.1) is 18.0 Å². The third kappa shape index (κ3) is 6.70. The Morgan fingerprint density at radius 2 is 2.11 bits per heavy atom. The fourth-order valence-corrected chi connectivity index (χ4v) is 2.73. The van der Waals surface area contributed by atoms with E-state index in [-0.39, 0.29) is 5.75 Å². The highest BCUT2D eigenvalue weighted by molar-refractivity contribution is 7.89. The fraction of sp³-hybridized carbons (Fsp3) is 0.750. The summed E-state index contributed by atoms with van der Waals surface area (Å²) in [6, 6.07) is 2.24. The van der Waals surface area contributed by atoms with Crippen LogP contribution in [-0.4, -0.2) is 36.5 Å². The first-order valence-electron chi connectivity index (χ1n) is 6.58. The van der Waals surface area contributed by atoms with Crippen LogP contribution in [-0.2, 0) is 23.6 Å². The van der Waals surface area contributed by atoms with Crippen LogP contribution in [0.4, 0.5) is 0 Å². The smallest absolute Gasteiger partial charge is 0.211 e. The zero-order chi connectivity index (χ0) is 14.3. The summed E-state index contributed by atoms with van der Waals surface area (Å²) in [7, 11) is -1.40. The van der Waals surface area contributed by atoms with Crippen LogP contribution in [0.15, 0.2) is 12.3 Å². The average molecular weight is 288 g/mol. The number of sulfonamides is 1. The highest BCUT2D eigenvalue weighted by Gasteiger charge is 2.10. The van der Waals surface area contributed by atoms with Crippen molar-refractivity contribution in [1.82, 2.24) is 19.8 Å². The molecule has 0 aliphatic rings. The maximum absolute atomic E-state index is 11.8. The Kier molecular flexibility index (Phi) is 6.47. The van der Waals surface area contributed by atoms with Gasteiger partial charge in [0.15, 0.2) is 0 Å². The number of aromatic nitrogens is 2. The molecule has 0 aliphatic carbocycles. The van der Waals surface area contributed by atoms with Crippen molar-refractivity contribution < 1.29 is 8.42 Å². The molecule has 1 aromatic rings. The van der Waals surface area contributed by atoms with Crippen molar-refractivity contribution in [3.05, 3.63) is 18.0 Å². The second-order valence-corrected chi connectivity index (χ2v) is 6.83. The Morgan fingerprint density at radius 1 is 1.37 bits per heavy atom. The Bertz CT molecular complexity index is 468. The van der Waals surface area contributed by atoms with Gasteiger partial charge in [-0.05, 0) is 25.5 Å². The first-order valence-corrected chi connectivity index (χ1v) is 8.23. The Hall–Kier alpha value is -0.920. The molecular formula is C12H24N4O2S. The highest BCUT2D eigenvalue weighted by atomic mass is 32.2. The molecule has 1 rings (SSSR count). The zero-order valence-corrected chi connectivity index (χ0v) is 12.7. The predicted octanol–water partition coefficient (Wildman–Crippen LogP) is 0.618. The van der Waals surface area contributed by atoms with E-state index in [1.54, 1.807) is 24.0 Å². The van der Waals surface area contributed by atoms with Crippen molar-refractivity contribution in [3.63, 3.8) is 0 Å². The van der Waals surface area contributed by atoms with Crippen LogP contribution in [0.3, 0.4) is 0 Å². The number of unbranched alkanes of at least 4 members (excludes halogenated alkanes) is 1. The summed E-state index contributed by atoms with van der Waals surface area (Å²) < 4.78 is 27.8. The summed E-state index contributed by atoms with van der Waals surface area (Å²) in [5.74, 6) is 0.171. The van der Waals surface area contributed by atoms with Gasteiger partial charge in [0.2, 0.25) is 10.0 Å². The van der Waals surface area contributed by atoms with Crippen LogP contribution in [0.25, 0.3) is 0 Å². The minimum absolute atomic E-state index is 0.171. The summed E-state index contributed by atoms with van der Waals surface area (Å²) in [6.45, 7) is 5.30. The first kappa shape index (κ1) is 16.1. The standard InChI is InChI=1S/C12H24N4O2S/c1-11(2)13-7-4-5-9-19(17,18)15-10-12-6-8-14-16(12)3/h6,8,11,13,15H,4-5,7,9-10H2,1-3H3. The van der Waals surface area contributed by atoms with Crippen molar-refractivity contribution in [2.45, 2.75) is 39.3 Å². The van der Waals surface area contributed by atoms with Gasteiger partial charge in [-0.15, -0.1) is 0 Å². The van der Waals surface area contributed by atoms with Gasteiger partial charge in [0, 0.05) is 19.3 Å². The monoisotopic (exact) mass is 288 g/mol. The van der Waals surface area contributed by atoms with Crippen molar-refractivity contribution in [2.75, 3.05) is 12.3 Å². The van der Waals surface area contributed by atoms with Gasteiger partial charge >= 0.3 is 0 Å². The molecule has 2 N–H and O–H groups in total. The van der Waals surface area contributed by atoms with Gasteiger partial charge in [-0.1, -0.05) is 13.8 Å². The summed E-state index contributed by atoms with van der Waals surface area (Å²) in [4.78, 5) is 0. The van der Waals surface area contributed by atoms with Crippen molar-refractivity contribution in [3.8, 4) is 0 Å². The molecule has 0 aliphatic heterocycles. The SMILES string of the molecule is CC(C)NCCCCS(=O)(=O)NCc1ccnn1C. The number of aryl methyl sites for hydroxylation is 1. The molecule has 19 heavy (non-hydrogen) atoms. The summed E-state index contributed by atoms with van der Waals surface area (Å²) in [5, 5.41) is 7.26. The van der Waals surface area contributed by atoms with E-state index in [9.17, 15) is 8.42 Å². The van der Waals surface area contributed by atoms with Crippen LogP contribution in [0.5, 0.6) is 0 Å². The Morgan fingerprint density at radius 3 is 2.68 bits per heavy atom. The summed E-state index contributed by atoms with van der Waals surface area (Å²) >= 11 is 0. The van der Waals surface area contributed by atoms with Crippen molar-refractivity contribution in [1.29, 1.82) is 0 Å². The number of rotatable bonds is 9. The minimum atomic E-state index is -3.19. The summed E-state index contributed by atoms with van der Waals surface area (Å²) in [6.07, 6.45) is 3.19. The molecule has 0 saturated carbocycles. The van der Waals surface area contributed by atoms with Crippen LogP contribution < -0.4 is 10.0 Å². The van der Waals surface area contributed by atoms with Crippen LogP contribution in [0.2, 0.25) is 0 Å². The maximum atomic E-state index is 11.8. The normalized spacial score (nSPS) is 12.2. The number of nitrogens with zero attached hydrogens (tertiary/aromatic N) is 2. The molecule has 0 radical (unpaired) electrons. The lowest BCUT2D eigenvalue weighted by molar-refractivity contribution is 0.554. The number of hydrogen-bond acceptors (Lipinski definition) is 4. The van der Waals surface area contributed by atoms with Crippen molar-refractivity contribution >= 4 is 10.0 Å². The number of nitrogens with one attached hydrogen (secondary N) is 2. The molecule has 0 fully saturated rings. The lowest BCUT2D eigenvalue weighted by Gasteiger charge is -2.09. The van der Waals surface area contributed by atoms with Gasteiger partial charge in [-0.3, -0.25) is 4.68 Å². The Labute approximate surface area is 115 Å². The van der Waals surface area contributed by atoms with E-state index in [1.807, 2.05) is 0 Å². The lowest BCUT2D eigenvalue weighted by atomic mass is 10.3. The van der Waals surface area contributed by atoms with E-state index in [1.165, 1.54) is 0 Å². The van der Waals surface area contributed by atoms with Gasteiger partial charge < -0.3 is 5.32 Å². The third-order valence-corrected chi connectivity index (χ3v) is 4.20. The van der Waals surface area contributed by atoms with Gasteiger partial charge in [0.1, 0.15) is 0 Å². The van der Waals surface area contributed by atoms with E-state index in [0.29, 0.717) is 19.0 Å². The molecule has 6 nitrogen and oxygen atoms in total. The quantitative estimate of drug-likeness (QED) is 0.653. The average Bonchev–Trinajstić information content (AvgIpc) is 2.71. The molecular weight excluding hydrogens is 264 g/mol. The fourth-order valence-electron chi connectivity index (χ4n) is 1.64. The molecule has 0 amide bonds. The third-order valence-electron chi connectivity index (χ3n) is 2.79. The molecule has 0 bridgehead atoms. The van der Waals surface area contributed by atoms with Crippen molar-refractivity contribution in [2.24, 2.45) is 7.05 Å². The molecule has 7 heteroatoms. The molecule has 0 spiro atoms. The van der Waals surface area contributed by atoms with Crippen LogP contribution in [0, 0.1) is 0 Å².